The van der Waals surface area contributed by atoms with E-state index < -0.39 is 17.7 Å². The lowest BCUT2D eigenvalue weighted by Gasteiger charge is -2.24. The van der Waals surface area contributed by atoms with Crippen molar-refractivity contribution in [2.75, 3.05) is 4.90 Å². The van der Waals surface area contributed by atoms with Gasteiger partial charge in [0.25, 0.3) is 5.78 Å². The average molecular weight is 551 g/mol. The first kappa shape index (κ1) is 26.0. The third kappa shape index (κ3) is 4.02. The number of carbonyl (C=O) groups excluding carboxylic acids is 2. The molecule has 202 valence electrons. The summed E-state index contributed by atoms with van der Waals surface area (Å²) < 4.78 is 2.80. The highest BCUT2D eigenvalue weighted by molar-refractivity contribution is 7.22. The second kappa shape index (κ2) is 9.13. The van der Waals surface area contributed by atoms with Gasteiger partial charge in [0.2, 0.25) is 0 Å². The van der Waals surface area contributed by atoms with Crippen molar-refractivity contribution in [2.45, 2.75) is 53.0 Å². The molecule has 1 unspecified atom stereocenters. The lowest BCUT2D eigenvalue weighted by Crippen LogP contribution is -2.29. The highest BCUT2D eigenvalue weighted by atomic mass is 32.1. The van der Waals surface area contributed by atoms with Crippen molar-refractivity contribution in [2.24, 2.45) is 0 Å². The molecule has 1 N–H and O–H groups in total. The Hall–Kier alpha value is -4.30. The summed E-state index contributed by atoms with van der Waals surface area (Å²) in [5.74, 6) is -1.77. The smallest absolute Gasteiger partial charge is 0.301 e. The van der Waals surface area contributed by atoms with Gasteiger partial charge in [0, 0.05) is 6.20 Å². The molecule has 3 aromatic heterocycles. The Morgan fingerprint density at radius 1 is 0.975 bits per heavy atom. The summed E-state index contributed by atoms with van der Waals surface area (Å²) in [6.07, 6.45) is 1.87. The number of anilines is 1. The number of aromatic nitrogens is 3. The van der Waals surface area contributed by atoms with Gasteiger partial charge in [0.1, 0.15) is 11.3 Å². The Balaban J connectivity index is 1.59. The summed E-state index contributed by atoms with van der Waals surface area (Å²) >= 11 is 1.36. The minimum absolute atomic E-state index is 0.00750. The van der Waals surface area contributed by atoms with Crippen LogP contribution in [0.15, 0.2) is 66.4 Å². The van der Waals surface area contributed by atoms with Crippen LogP contribution in [0.5, 0.6) is 0 Å². The largest absolute Gasteiger partial charge is 0.505 e. The Labute approximate surface area is 236 Å². The van der Waals surface area contributed by atoms with Crippen molar-refractivity contribution >= 4 is 49.8 Å². The third-order valence-electron chi connectivity index (χ3n) is 7.58. The molecule has 0 saturated carbocycles. The van der Waals surface area contributed by atoms with Gasteiger partial charge in [-0.2, -0.15) is 0 Å². The van der Waals surface area contributed by atoms with E-state index in [1.807, 2.05) is 86.0 Å². The van der Waals surface area contributed by atoms with E-state index in [1.165, 1.54) is 16.2 Å². The quantitative estimate of drug-likeness (QED) is 0.152. The number of amides is 1. The number of aliphatic hydroxyl groups is 1. The predicted molar refractivity (Wildman–Crippen MR) is 159 cm³/mol. The minimum atomic E-state index is -0.860. The molecule has 40 heavy (non-hydrogen) atoms. The first-order valence-electron chi connectivity index (χ1n) is 13.2. The Morgan fingerprint density at radius 2 is 1.70 bits per heavy atom. The van der Waals surface area contributed by atoms with Crippen molar-refractivity contribution in [3.8, 4) is 0 Å². The number of benzene rings is 2. The maximum atomic E-state index is 13.7. The van der Waals surface area contributed by atoms with Crippen LogP contribution in [-0.2, 0) is 15.0 Å². The van der Waals surface area contributed by atoms with Crippen LogP contribution in [0.4, 0.5) is 5.13 Å². The topological polar surface area (TPSA) is 87.8 Å². The molecule has 0 spiro atoms. The van der Waals surface area contributed by atoms with Crippen LogP contribution < -0.4 is 4.90 Å². The molecule has 1 amide bonds. The number of pyridine rings is 1. The van der Waals surface area contributed by atoms with Gasteiger partial charge in [0.05, 0.1) is 27.5 Å². The summed E-state index contributed by atoms with van der Waals surface area (Å²) in [6.45, 7) is 12.2. The molecule has 1 atom stereocenters. The Kier molecular flexibility index (Phi) is 5.92. The zero-order chi connectivity index (χ0) is 28.5. The van der Waals surface area contributed by atoms with Crippen LogP contribution in [0.2, 0.25) is 0 Å². The second-order valence-corrected chi connectivity index (χ2v) is 12.4. The minimum Gasteiger partial charge on any atom is -0.505 e. The first-order chi connectivity index (χ1) is 19.0. The SMILES string of the molecule is Cc1ccc2nc(N3C(=O)C(=O)C(=C(O)c4nc5c(C)cccn5c4C)C3c3ccc(C(C)(C)C)cc3)sc2c1. The van der Waals surface area contributed by atoms with Gasteiger partial charge in [-0.05, 0) is 66.6 Å². The maximum absolute atomic E-state index is 13.7. The second-order valence-electron chi connectivity index (χ2n) is 11.4. The fraction of sp³-hybridized carbons (Fsp3) is 0.250. The van der Waals surface area contributed by atoms with Gasteiger partial charge >= 0.3 is 5.91 Å². The first-order valence-corrected chi connectivity index (χ1v) is 14.0. The molecule has 7 nitrogen and oxygen atoms in total. The molecule has 0 radical (unpaired) electrons. The molecule has 1 aliphatic heterocycles. The van der Waals surface area contributed by atoms with Crippen molar-refractivity contribution < 1.29 is 14.7 Å². The van der Waals surface area contributed by atoms with Gasteiger partial charge in [-0.3, -0.25) is 14.5 Å². The van der Waals surface area contributed by atoms with Gasteiger partial charge in [-0.1, -0.05) is 68.5 Å². The number of thiazole rings is 1. The van der Waals surface area contributed by atoms with E-state index in [1.54, 1.807) is 0 Å². The average Bonchev–Trinajstić information content (AvgIpc) is 3.56. The molecule has 1 aliphatic rings. The van der Waals surface area contributed by atoms with Crippen LogP contribution in [0.3, 0.4) is 0 Å². The van der Waals surface area contributed by atoms with E-state index in [-0.39, 0.29) is 22.4 Å². The van der Waals surface area contributed by atoms with Crippen LogP contribution in [0.25, 0.3) is 21.6 Å². The van der Waals surface area contributed by atoms with E-state index in [0.717, 1.165) is 26.9 Å². The van der Waals surface area contributed by atoms with Crippen molar-refractivity contribution in [3.05, 3.63) is 100 Å². The third-order valence-corrected chi connectivity index (χ3v) is 8.60. The van der Waals surface area contributed by atoms with E-state index in [4.69, 9.17) is 9.97 Å². The monoisotopic (exact) mass is 550 g/mol. The number of ketones is 1. The van der Waals surface area contributed by atoms with E-state index in [9.17, 15) is 14.7 Å². The number of carbonyl (C=O) groups is 2. The van der Waals surface area contributed by atoms with Gasteiger partial charge in [-0.25, -0.2) is 9.97 Å². The summed E-state index contributed by atoms with van der Waals surface area (Å²) in [5, 5.41) is 12.1. The van der Waals surface area contributed by atoms with E-state index >= 15 is 0 Å². The molecule has 1 fully saturated rings. The number of fused-ring (bicyclic) bond motifs is 2. The van der Waals surface area contributed by atoms with Gasteiger partial charge in [-0.15, -0.1) is 0 Å². The number of aliphatic hydroxyl groups excluding tert-OH is 1. The van der Waals surface area contributed by atoms with Crippen LogP contribution >= 0.6 is 11.3 Å². The maximum Gasteiger partial charge on any atom is 0.301 e. The number of imidazole rings is 1. The fourth-order valence-electron chi connectivity index (χ4n) is 5.31. The number of nitrogens with zero attached hydrogens (tertiary/aromatic N) is 4. The van der Waals surface area contributed by atoms with Gasteiger partial charge < -0.3 is 9.51 Å². The summed E-state index contributed by atoms with van der Waals surface area (Å²) in [5.41, 5.74) is 6.18. The molecular weight excluding hydrogens is 520 g/mol. The van der Waals surface area contributed by atoms with E-state index in [0.29, 0.717) is 22.0 Å². The Morgan fingerprint density at radius 3 is 2.38 bits per heavy atom. The van der Waals surface area contributed by atoms with E-state index in [2.05, 4.69) is 20.8 Å². The summed E-state index contributed by atoms with van der Waals surface area (Å²) in [7, 11) is 0. The van der Waals surface area contributed by atoms with Crippen LogP contribution in [-0.4, -0.2) is 31.2 Å². The van der Waals surface area contributed by atoms with Crippen LogP contribution in [0, 0.1) is 20.8 Å². The lowest BCUT2D eigenvalue weighted by molar-refractivity contribution is -0.132. The van der Waals surface area contributed by atoms with Crippen LogP contribution in [0.1, 0.15) is 60.5 Å². The molecule has 0 bridgehead atoms. The molecule has 4 heterocycles. The standard InChI is InChI=1S/C32H30N4O3S/c1-17-9-14-22-23(16-17)40-31(33-22)36-26(20-10-12-21(13-11-20)32(4,5)6)24(28(38)30(36)39)27(37)25-19(3)35-15-7-8-18(2)29(35)34-25/h7-16,26,37H,1-6H3. The molecular formula is C32H30N4O3S. The molecule has 1 saturated heterocycles. The lowest BCUT2D eigenvalue weighted by atomic mass is 9.85. The normalized spacial score (nSPS) is 17.4. The molecule has 2 aromatic carbocycles. The van der Waals surface area contributed by atoms with Crippen molar-refractivity contribution in [3.63, 3.8) is 0 Å². The summed E-state index contributed by atoms with van der Waals surface area (Å²) in [4.78, 5) is 38.2. The molecule has 5 aromatic rings. The zero-order valence-corrected chi connectivity index (χ0v) is 24.1. The zero-order valence-electron chi connectivity index (χ0n) is 23.3. The van der Waals surface area contributed by atoms with Crippen molar-refractivity contribution in [1.82, 2.24) is 14.4 Å². The number of hydrogen-bond acceptors (Lipinski definition) is 6. The van der Waals surface area contributed by atoms with Crippen molar-refractivity contribution in [1.29, 1.82) is 0 Å². The number of rotatable bonds is 3. The summed E-state index contributed by atoms with van der Waals surface area (Å²) in [6, 6.07) is 16.8. The number of hydrogen-bond donors (Lipinski definition) is 1. The molecule has 8 heteroatoms. The highest BCUT2D eigenvalue weighted by Crippen LogP contribution is 2.45. The number of Topliss-reactive ketones (excluding diaryl/α,β-unsaturated/α-hetero) is 1. The predicted octanol–water partition coefficient (Wildman–Crippen LogP) is 6.79. The Bertz CT molecular complexity index is 1870. The fourth-order valence-corrected chi connectivity index (χ4v) is 6.40. The van der Waals surface area contributed by atoms with Gasteiger partial charge in [0.15, 0.2) is 10.9 Å². The molecule has 0 aliphatic carbocycles. The number of aryl methyl sites for hydroxylation is 3. The molecule has 6 rings (SSSR count). The highest BCUT2D eigenvalue weighted by Gasteiger charge is 2.48.